The van der Waals surface area contributed by atoms with Gasteiger partial charge in [-0.05, 0) is 25.1 Å². The molecule has 0 aliphatic carbocycles. The summed E-state index contributed by atoms with van der Waals surface area (Å²) >= 11 is 0. The van der Waals surface area contributed by atoms with E-state index in [-0.39, 0.29) is 5.56 Å². The Labute approximate surface area is 189 Å². The Morgan fingerprint density at radius 2 is 1.61 bits per heavy atom. The zero-order chi connectivity index (χ0) is 23.2. The van der Waals surface area contributed by atoms with Crippen molar-refractivity contribution in [2.24, 2.45) is 0 Å². The first-order valence-corrected chi connectivity index (χ1v) is 10.2. The predicted octanol–water partition coefficient (Wildman–Crippen LogP) is 2.71. The fraction of sp³-hybridized carbons (Fsp3) is 0.0833. The van der Waals surface area contributed by atoms with E-state index in [1.807, 2.05) is 60.7 Å². The van der Waals surface area contributed by atoms with Gasteiger partial charge in [0.05, 0.1) is 23.1 Å². The Morgan fingerprint density at radius 1 is 0.909 bits per heavy atom. The van der Waals surface area contributed by atoms with Crippen LogP contribution in [0.4, 0.5) is 0 Å². The topological polar surface area (TPSA) is 118 Å². The lowest BCUT2D eigenvalue weighted by Gasteiger charge is -2.14. The van der Waals surface area contributed by atoms with E-state index in [9.17, 15) is 14.4 Å². The van der Waals surface area contributed by atoms with Crippen molar-refractivity contribution in [2.75, 3.05) is 0 Å². The summed E-state index contributed by atoms with van der Waals surface area (Å²) in [6, 6.07) is 19.2. The maximum atomic E-state index is 12.9. The number of rotatable bonds is 6. The SMILES string of the molecule is CC(NC(=O)c1ccoc1)C(=O)NNC(=O)c1cn(-c2ccccc2)nc1-c1ccccc1. The highest BCUT2D eigenvalue weighted by Gasteiger charge is 2.21. The largest absolute Gasteiger partial charge is 0.472 e. The van der Waals surface area contributed by atoms with Gasteiger partial charge in [-0.3, -0.25) is 25.2 Å². The third kappa shape index (κ3) is 4.99. The third-order valence-corrected chi connectivity index (χ3v) is 4.85. The van der Waals surface area contributed by atoms with E-state index in [1.54, 1.807) is 10.9 Å². The zero-order valence-electron chi connectivity index (χ0n) is 17.7. The molecule has 33 heavy (non-hydrogen) atoms. The molecule has 0 aliphatic rings. The van der Waals surface area contributed by atoms with E-state index in [2.05, 4.69) is 21.3 Å². The van der Waals surface area contributed by atoms with Crippen LogP contribution in [-0.2, 0) is 4.79 Å². The second-order valence-electron chi connectivity index (χ2n) is 7.19. The molecule has 166 valence electrons. The van der Waals surface area contributed by atoms with Crippen molar-refractivity contribution in [3.63, 3.8) is 0 Å². The van der Waals surface area contributed by atoms with Crippen LogP contribution in [0.3, 0.4) is 0 Å². The van der Waals surface area contributed by atoms with Crippen molar-refractivity contribution < 1.29 is 18.8 Å². The minimum Gasteiger partial charge on any atom is -0.472 e. The molecule has 0 spiro atoms. The van der Waals surface area contributed by atoms with Crippen LogP contribution in [0.2, 0.25) is 0 Å². The quantitative estimate of drug-likeness (QED) is 0.396. The minimum absolute atomic E-state index is 0.278. The molecule has 2 aromatic carbocycles. The van der Waals surface area contributed by atoms with Crippen molar-refractivity contribution in [1.29, 1.82) is 0 Å². The Bertz CT molecular complexity index is 1250. The highest BCUT2D eigenvalue weighted by atomic mass is 16.3. The van der Waals surface area contributed by atoms with E-state index in [0.717, 1.165) is 11.3 Å². The summed E-state index contributed by atoms with van der Waals surface area (Å²) in [5, 5.41) is 7.11. The van der Waals surface area contributed by atoms with E-state index in [0.29, 0.717) is 11.3 Å². The predicted molar refractivity (Wildman–Crippen MR) is 120 cm³/mol. The number of furan rings is 1. The number of hydrogen-bond donors (Lipinski definition) is 3. The molecule has 0 aliphatic heterocycles. The molecule has 4 rings (SSSR count). The summed E-state index contributed by atoms with van der Waals surface area (Å²) in [4.78, 5) is 37.4. The molecule has 3 N–H and O–H groups in total. The number of hydrogen-bond acceptors (Lipinski definition) is 5. The molecule has 9 heteroatoms. The highest BCUT2D eigenvalue weighted by molar-refractivity contribution is 6.01. The molecule has 1 unspecified atom stereocenters. The van der Waals surface area contributed by atoms with Crippen molar-refractivity contribution in [2.45, 2.75) is 13.0 Å². The molecule has 2 heterocycles. The van der Waals surface area contributed by atoms with Gasteiger partial charge in [0.25, 0.3) is 17.7 Å². The average Bonchev–Trinajstić information content (AvgIpc) is 3.54. The maximum Gasteiger partial charge on any atom is 0.273 e. The number of aromatic nitrogens is 2. The van der Waals surface area contributed by atoms with E-state index in [1.165, 1.54) is 25.5 Å². The van der Waals surface area contributed by atoms with Gasteiger partial charge in [0, 0.05) is 11.8 Å². The maximum absolute atomic E-state index is 12.9. The number of amides is 3. The molecule has 9 nitrogen and oxygen atoms in total. The summed E-state index contributed by atoms with van der Waals surface area (Å²) < 4.78 is 6.46. The second kappa shape index (κ2) is 9.65. The Balaban J connectivity index is 1.48. The zero-order valence-corrected chi connectivity index (χ0v) is 17.7. The highest BCUT2D eigenvalue weighted by Crippen LogP contribution is 2.23. The molecule has 0 radical (unpaired) electrons. The number of carbonyl (C=O) groups excluding carboxylic acids is 3. The first-order chi connectivity index (χ1) is 16.0. The minimum atomic E-state index is -0.895. The van der Waals surface area contributed by atoms with Crippen LogP contribution in [0.15, 0.2) is 89.9 Å². The molecule has 2 aromatic heterocycles. The lowest BCUT2D eigenvalue weighted by atomic mass is 10.1. The Morgan fingerprint density at radius 3 is 2.27 bits per heavy atom. The fourth-order valence-corrected chi connectivity index (χ4v) is 3.10. The van der Waals surface area contributed by atoms with Crippen LogP contribution >= 0.6 is 0 Å². The summed E-state index contributed by atoms with van der Waals surface area (Å²) in [5.74, 6) is -1.59. The van der Waals surface area contributed by atoms with E-state index < -0.39 is 23.8 Å². The molecule has 0 saturated carbocycles. The van der Waals surface area contributed by atoms with Crippen LogP contribution in [0.25, 0.3) is 16.9 Å². The van der Waals surface area contributed by atoms with Crippen molar-refractivity contribution >= 4 is 17.7 Å². The lowest BCUT2D eigenvalue weighted by Crippen LogP contribution is -2.51. The molecule has 4 aromatic rings. The summed E-state index contributed by atoms with van der Waals surface area (Å²) in [5.41, 5.74) is 7.32. The summed E-state index contributed by atoms with van der Waals surface area (Å²) in [7, 11) is 0. The molecule has 1 atom stereocenters. The average molecular weight is 443 g/mol. The normalized spacial score (nSPS) is 11.4. The number of hydrazine groups is 1. The summed E-state index contributed by atoms with van der Waals surface area (Å²) in [6.45, 7) is 1.50. The van der Waals surface area contributed by atoms with Gasteiger partial charge in [-0.25, -0.2) is 4.68 Å². The first-order valence-electron chi connectivity index (χ1n) is 10.2. The van der Waals surface area contributed by atoms with Gasteiger partial charge >= 0.3 is 0 Å². The fourth-order valence-electron chi connectivity index (χ4n) is 3.10. The van der Waals surface area contributed by atoms with Crippen LogP contribution in [0.1, 0.15) is 27.6 Å². The smallest absolute Gasteiger partial charge is 0.273 e. The van der Waals surface area contributed by atoms with Crippen LogP contribution in [-0.4, -0.2) is 33.5 Å². The second-order valence-corrected chi connectivity index (χ2v) is 7.19. The molecule has 0 bridgehead atoms. The van der Waals surface area contributed by atoms with Crippen molar-refractivity contribution in [1.82, 2.24) is 25.9 Å². The van der Waals surface area contributed by atoms with Crippen LogP contribution < -0.4 is 16.2 Å². The van der Waals surface area contributed by atoms with Gasteiger partial charge in [-0.2, -0.15) is 5.10 Å². The number of nitrogens with zero attached hydrogens (tertiary/aromatic N) is 2. The molecule has 0 saturated heterocycles. The standard InChI is InChI=1S/C24H21N5O4/c1-16(25-23(31)18-12-13-33-15-18)22(30)26-27-24(32)20-14-29(19-10-6-3-7-11-19)28-21(20)17-8-4-2-5-9-17/h2-16H,1H3,(H,25,31)(H,26,30)(H,27,32). The van der Waals surface area contributed by atoms with Gasteiger partial charge in [-0.15, -0.1) is 0 Å². The first kappa shape index (κ1) is 21.6. The van der Waals surface area contributed by atoms with Gasteiger partial charge in [0.2, 0.25) is 0 Å². The van der Waals surface area contributed by atoms with Gasteiger partial charge in [0.15, 0.2) is 0 Å². The van der Waals surface area contributed by atoms with Gasteiger partial charge in [-0.1, -0.05) is 48.5 Å². The number of nitrogens with one attached hydrogen (secondary N) is 3. The molecular formula is C24H21N5O4. The van der Waals surface area contributed by atoms with E-state index in [4.69, 9.17) is 4.42 Å². The Kier molecular flexibility index (Phi) is 6.31. The third-order valence-electron chi connectivity index (χ3n) is 4.85. The molecular weight excluding hydrogens is 422 g/mol. The monoisotopic (exact) mass is 443 g/mol. The summed E-state index contributed by atoms with van der Waals surface area (Å²) in [6.07, 6.45) is 4.24. The lowest BCUT2D eigenvalue weighted by molar-refractivity contribution is -0.123. The van der Waals surface area contributed by atoms with Gasteiger partial charge in [0.1, 0.15) is 18.0 Å². The van der Waals surface area contributed by atoms with E-state index >= 15 is 0 Å². The Hall–Kier alpha value is -4.66. The van der Waals surface area contributed by atoms with Crippen LogP contribution in [0.5, 0.6) is 0 Å². The van der Waals surface area contributed by atoms with Crippen molar-refractivity contribution in [3.05, 3.63) is 96.6 Å². The van der Waals surface area contributed by atoms with Crippen molar-refractivity contribution in [3.8, 4) is 16.9 Å². The number of para-hydroxylation sites is 1. The number of benzene rings is 2. The molecule has 0 fully saturated rings. The van der Waals surface area contributed by atoms with Crippen LogP contribution in [0, 0.1) is 0 Å². The number of carbonyl (C=O) groups is 3. The van der Waals surface area contributed by atoms with Gasteiger partial charge < -0.3 is 9.73 Å². The molecule has 3 amide bonds.